The third-order valence-electron chi connectivity index (χ3n) is 5.95. The number of sulfonamides is 1. The SMILES string of the molecule is CCCNC(=O)[C@H](CC)N(Cc1ccc(Cl)cc1Cl)C(=O)CCCN(c1cccc(Cl)c1C)S(C)(=O)=O. The van der Waals surface area contributed by atoms with Crippen molar-refractivity contribution in [3.05, 3.63) is 62.6 Å². The first-order valence-electron chi connectivity index (χ1n) is 12.1. The van der Waals surface area contributed by atoms with E-state index in [2.05, 4.69) is 5.32 Å². The Labute approximate surface area is 235 Å². The molecule has 0 unspecified atom stereocenters. The number of halogens is 3. The van der Waals surface area contributed by atoms with Gasteiger partial charge in [0.2, 0.25) is 21.8 Å². The molecular formula is C26H34Cl3N3O4S. The van der Waals surface area contributed by atoms with Crippen molar-refractivity contribution in [2.45, 2.75) is 59.0 Å². The van der Waals surface area contributed by atoms with E-state index in [4.69, 9.17) is 34.8 Å². The average molecular weight is 591 g/mol. The lowest BCUT2D eigenvalue weighted by atomic mass is 10.1. The van der Waals surface area contributed by atoms with E-state index in [1.165, 1.54) is 9.21 Å². The van der Waals surface area contributed by atoms with E-state index < -0.39 is 16.1 Å². The molecule has 0 aliphatic rings. The lowest BCUT2D eigenvalue weighted by Crippen LogP contribution is -2.49. The van der Waals surface area contributed by atoms with Crippen molar-refractivity contribution in [3.63, 3.8) is 0 Å². The van der Waals surface area contributed by atoms with Crippen molar-refractivity contribution in [1.29, 1.82) is 0 Å². The molecule has 0 saturated carbocycles. The Bertz CT molecular complexity index is 1210. The first kappa shape index (κ1) is 31.2. The van der Waals surface area contributed by atoms with Crippen LogP contribution in [-0.2, 0) is 26.2 Å². The smallest absolute Gasteiger partial charge is 0.242 e. The highest BCUT2D eigenvalue weighted by Gasteiger charge is 2.29. The lowest BCUT2D eigenvalue weighted by Gasteiger charge is -2.31. The second-order valence-corrected chi connectivity index (χ2v) is 12.0. The molecule has 2 aromatic rings. The van der Waals surface area contributed by atoms with Crippen LogP contribution in [0.2, 0.25) is 15.1 Å². The number of carbonyl (C=O) groups is 2. The van der Waals surface area contributed by atoms with Gasteiger partial charge in [-0.3, -0.25) is 13.9 Å². The van der Waals surface area contributed by atoms with Crippen molar-refractivity contribution in [2.24, 2.45) is 0 Å². The maximum absolute atomic E-state index is 13.5. The number of benzene rings is 2. The van der Waals surface area contributed by atoms with Crippen LogP contribution in [0.3, 0.4) is 0 Å². The Morgan fingerprint density at radius 1 is 1.05 bits per heavy atom. The number of hydrogen-bond acceptors (Lipinski definition) is 4. The molecule has 2 amide bonds. The summed E-state index contributed by atoms with van der Waals surface area (Å²) < 4.78 is 26.4. The van der Waals surface area contributed by atoms with Crippen molar-refractivity contribution in [1.82, 2.24) is 10.2 Å². The van der Waals surface area contributed by atoms with E-state index in [1.54, 1.807) is 43.3 Å². The van der Waals surface area contributed by atoms with Gasteiger partial charge >= 0.3 is 0 Å². The van der Waals surface area contributed by atoms with Gasteiger partial charge in [0.25, 0.3) is 0 Å². The molecule has 0 aromatic heterocycles. The number of anilines is 1. The summed E-state index contributed by atoms with van der Waals surface area (Å²) in [6, 6.07) is 9.37. The second kappa shape index (κ2) is 14.2. The van der Waals surface area contributed by atoms with E-state index in [0.717, 1.165) is 12.7 Å². The molecule has 1 atom stereocenters. The van der Waals surface area contributed by atoms with Gasteiger partial charge in [0.1, 0.15) is 6.04 Å². The summed E-state index contributed by atoms with van der Waals surface area (Å²) in [6.45, 7) is 6.25. The fourth-order valence-electron chi connectivity index (χ4n) is 3.97. The normalized spacial score (nSPS) is 12.2. The zero-order valence-corrected chi connectivity index (χ0v) is 24.6. The molecule has 2 aromatic carbocycles. The Kier molecular flexibility index (Phi) is 12.0. The highest BCUT2D eigenvalue weighted by molar-refractivity contribution is 7.92. The van der Waals surface area contributed by atoms with Crippen molar-refractivity contribution in [3.8, 4) is 0 Å². The number of nitrogens with one attached hydrogen (secondary N) is 1. The zero-order valence-electron chi connectivity index (χ0n) is 21.6. The van der Waals surface area contributed by atoms with Crippen molar-refractivity contribution in [2.75, 3.05) is 23.7 Å². The highest BCUT2D eigenvalue weighted by atomic mass is 35.5. The Morgan fingerprint density at radius 3 is 2.35 bits per heavy atom. The highest BCUT2D eigenvalue weighted by Crippen LogP contribution is 2.29. The van der Waals surface area contributed by atoms with E-state index in [9.17, 15) is 18.0 Å². The third-order valence-corrected chi connectivity index (χ3v) is 8.13. The summed E-state index contributed by atoms with van der Waals surface area (Å²) in [5.41, 5.74) is 1.77. The fraction of sp³-hybridized carbons (Fsp3) is 0.462. The summed E-state index contributed by atoms with van der Waals surface area (Å²) in [5, 5.41) is 4.19. The van der Waals surface area contributed by atoms with Gasteiger partial charge in [0.05, 0.1) is 11.9 Å². The predicted molar refractivity (Wildman–Crippen MR) is 152 cm³/mol. The molecule has 0 radical (unpaired) electrons. The molecule has 2 rings (SSSR count). The molecule has 0 spiro atoms. The number of carbonyl (C=O) groups excluding carboxylic acids is 2. The van der Waals surface area contributed by atoms with E-state index in [1.807, 2.05) is 13.8 Å². The van der Waals surface area contributed by atoms with Crippen LogP contribution in [0.5, 0.6) is 0 Å². The monoisotopic (exact) mass is 589 g/mol. The summed E-state index contributed by atoms with van der Waals surface area (Å²) >= 11 is 18.6. The van der Waals surface area contributed by atoms with Gasteiger partial charge in [-0.25, -0.2) is 8.42 Å². The van der Waals surface area contributed by atoms with Crippen LogP contribution in [0.15, 0.2) is 36.4 Å². The van der Waals surface area contributed by atoms with Gasteiger partial charge in [-0.15, -0.1) is 0 Å². The Balaban J connectivity index is 2.27. The maximum atomic E-state index is 13.5. The molecule has 37 heavy (non-hydrogen) atoms. The standard InChI is InChI=1S/C26H34Cl3N3O4S/c1-5-14-30-26(34)23(6-2)31(17-19-12-13-20(27)16-22(19)29)25(33)11-8-15-32(37(4,35)36)24-10-7-9-21(28)18(24)3/h7,9-10,12-13,16,23H,5-6,8,11,14-15,17H2,1-4H3,(H,30,34)/t23-/m0/s1. The molecular weight excluding hydrogens is 557 g/mol. The average Bonchev–Trinajstić information content (AvgIpc) is 2.82. The van der Waals surface area contributed by atoms with Gasteiger partial charge in [-0.05, 0) is 61.6 Å². The van der Waals surface area contributed by atoms with Gasteiger partial charge in [0, 0.05) is 41.1 Å². The number of nitrogens with zero attached hydrogens (tertiary/aromatic N) is 2. The third kappa shape index (κ3) is 8.77. The van der Waals surface area contributed by atoms with Crippen LogP contribution in [0.4, 0.5) is 5.69 Å². The predicted octanol–water partition coefficient (Wildman–Crippen LogP) is 5.84. The van der Waals surface area contributed by atoms with Gasteiger partial charge in [-0.2, -0.15) is 0 Å². The molecule has 1 N–H and O–H groups in total. The van der Waals surface area contributed by atoms with Gasteiger partial charge in [-0.1, -0.05) is 60.8 Å². The van der Waals surface area contributed by atoms with E-state index in [-0.39, 0.29) is 37.7 Å². The molecule has 0 fully saturated rings. The van der Waals surface area contributed by atoms with Gasteiger partial charge in [0.15, 0.2) is 0 Å². The minimum Gasteiger partial charge on any atom is -0.354 e. The summed E-state index contributed by atoms with van der Waals surface area (Å²) in [7, 11) is -3.62. The Morgan fingerprint density at radius 2 is 1.76 bits per heavy atom. The minimum absolute atomic E-state index is 0.0361. The lowest BCUT2D eigenvalue weighted by molar-refractivity contribution is -0.141. The maximum Gasteiger partial charge on any atom is 0.242 e. The Hall–Kier alpha value is -2.00. The quantitative estimate of drug-likeness (QED) is 0.318. The van der Waals surface area contributed by atoms with E-state index >= 15 is 0 Å². The molecule has 7 nitrogen and oxygen atoms in total. The molecule has 204 valence electrons. The summed E-state index contributed by atoms with van der Waals surface area (Å²) in [6.07, 6.45) is 2.58. The zero-order chi connectivity index (χ0) is 27.8. The molecule has 0 heterocycles. The van der Waals surface area contributed by atoms with Crippen LogP contribution in [-0.4, -0.2) is 50.5 Å². The van der Waals surface area contributed by atoms with E-state index in [0.29, 0.717) is 44.8 Å². The topological polar surface area (TPSA) is 86.8 Å². The van der Waals surface area contributed by atoms with Crippen molar-refractivity contribution < 1.29 is 18.0 Å². The fourth-order valence-corrected chi connectivity index (χ4v) is 5.62. The van der Waals surface area contributed by atoms with Crippen LogP contribution in [0.25, 0.3) is 0 Å². The first-order chi connectivity index (χ1) is 17.4. The molecule has 0 aliphatic carbocycles. The molecule has 0 bridgehead atoms. The number of rotatable bonds is 13. The molecule has 11 heteroatoms. The second-order valence-electron chi connectivity index (χ2n) is 8.80. The van der Waals surface area contributed by atoms with Crippen LogP contribution < -0.4 is 9.62 Å². The first-order valence-corrected chi connectivity index (χ1v) is 15.1. The molecule has 0 aliphatic heterocycles. The van der Waals surface area contributed by atoms with Gasteiger partial charge < -0.3 is 10.2 Å². The van der Waals surface area contributed by atoms with Crippen LogP contribution in [0, 0.1) is 6.92 Å². The summed E-state index contributed by atoms with van der Waals surface area (Å²) in [4.78, 5) is 27.9. The minimum atomic E-state index is -3.62. The largest absolute Gasteiger partial charge is 0.354 e. The van der Waals surface area contributed by atoms with Crippen LogP contribution >= 0.6 is 34.8 Å². The van der Waals surface area contributed by atoms with Crippen molar-refractivity contribution >= 4 is 62.3 Å². The number of amides is 2. The summed E-state index contributed by atoms with van der Waals surface area (Å²) in [5.74, 6) is -0.518. The molecule has 0 saturated heterocycles. The van der Waals surface area contributed by atoms with Crippen LogP contribution in [0.1, 0.15) is 50.7 Å². The number of hydrogen-bond donors (Lipinski definition) is 1.